The van der Waals surface area contributed by atoms with Gasteiger partial charge in [0.25, 0.3) is 0 Å². The minimum absolute atomic E-state index is 0.0793. The first kappa shape index (κ1) is 24.2. The van der Waals surface area contributed by atoms with E-state index in [4.69, 9.17) is 4.74 Å². The molecule has 1 fully saturated rings. The highest BCUT2D eigenvalue weighted by molar-refractivity contribution is 5.79. The van der Waals surface area contributed by atoms with Crippen molar-refractivity contribution in [1.29, 1.82) is 0 Å². The molecule has 1 aliphatic heterocycles. The number of unbranched alkanes of at least 4 members (excludes halogenated alkanes) is 3. The number of hydrogen-bond acceptors (Lipinski definition) is 4. The Bertz CT molecular complexity index is 561. The summed E-state index contributed by atoms with van der Waals surface area (Å²) in [6.45, 7) is 6.99. The maximum atomic E-state index is 12.2. The predicted octanol–water partition coefficient (Wildman–Crippen LogP) is 3.85. The quantitative estimate of drug-likeness (QED) is 0.237. The SMILES string of the molecule is CCC#CCC(C)C(O)/C=C/[C@H]1CCC(=O)N1CCCCCCC(=O)OCC. The van der Waals surface area contributed by atoms with Crippen LogP contribution in [0.3, 0.4) is 0 Å². The minimum atomic E-state index is -0.536. The molecule has 5 nitrogen and oxygen atoms in total. The zero-order valence-corrected chi connectivity index (χ0v) is 17.8. The Labute approximate surface area is 170 Å². The Morgan fingerprint density at radius 1 is 1.29 bits per heavy atom. The lowest BCUT2D eigenvalue weighted by atomic mass is 10.00. The first-order valence-corrected chi connectivity index (χ1v) is 10.8. The molecule has 0 aromatic carbocycles. The Kier molecular flexibility index (Phi) is 12.3. The first-order valence-electron chi connectivity index (χ1n) is 10.8. The summed E-state index contributed by atoms with van der Waals surface area (Å²) >= 11 is 0. The van der Waals surface area contributed by atoms with Crippen molar-refractivity contribution in [3.63, 3.8) is 0 Å². The zero-order valence-electron chi connectivity index (χ0n) is 17.8. The molecular formula is C23H37NO4. The van der Waals surface area contributed by atoms with Crippen LogP contribution in [0.25, 0.3) is 0 Å². The van der Waals surface area contributed by atoms with Gasteiger partial charge < -0.3 is 14.7 Å². The van der Waals surface area contributed by atoms with Crippen molar-refractivity contribution in [2.75, 3.05) is 13.2 Å². The summed E-state index contributed by atoms with van der Waals surface area (Å²) in [7, 11) is 0. The molecule has 2 unspecified atom stereocenters. The number of esters is 1. The molecule has 0 saturated carbocycles. The normalized spacial score (nSPS) is 18.8. The van der Waals surface area contributed by atoms with Gasteiger partial charge in [-0.3, -0.25) is 9.59 Å². The molecule has 158 valence electrons. The fourth-order valence-electron chi connectivity index (χ4n) is 3.30. The van der Waals surface area contributed by atoms with Crippen molar-refractivity contribution in [3.8, 4) is 11.8 Å². The molecule has 1 aliphatic rings. The minimum Gasteiger partial charge on any atom is -0.466 e. The van der Waals surface area contributed by atoms with Crippen LogP contribution in [-0.2, 0) is 14.3 Å². The number of rotatable bonds is 12. The Morgan fingerprint density at radius 2 is 2.04 bits per heavy atom. The fraction of sp³-hybridized carbons (Fsp3) is 0.739. The average molecular weight is 392 g/mol. The van der Waals surface area contributed by atoms with Gasteiger partial charge in [-0.15, -0.1) is 11.8 Å². The molecule has 28 heavy (non-hydrogen) atoms. The van der Waals surface area contributed by atoms with Crippen molar-refractivity contribution in [1.82, 2.24) is 4.90 Å². The highest BCUT2D eigenvalue weighted by Crippen LogP contribution is 2.22. The van der Waals surface area contributed by atoms with Gasteiger partial charge in [0.15, 0.2) is 0 Å². The van der Waals surface area contributed by atoms with Crippen molar-refractivity contribution >= 4 is 11.9 Å². The number of nitrogens with zero attached hydrogens (tertiary/aromatic N) is 1. The Hall–Kier alpha value is -1.80. The van der Waals surface area contributed by atoms with Crippen molar-refractivity contribution in [2.45, 2.75) is 90.7 Å². The van der Waals surface area contributed by atoms with Gasteiger partial charge in [0, 0.05) is 32.2 Å². The molecule has 0 aromatic rings. The van der Waals surface area contributed by atoms with E-state index in [0.29, 0.717) is 25.9 Å². The van der Waals surface area contributed by atoms with E-state index in [1.54, 1.807) is 0 Å². The maximum Gasteiger partial charge on any atom is 0.305 e. The van der Waals surface area contributed by atoms with Crippen molar-refractivity contribution < 1.29 is 19.4 Å². The van der Waals surface area contributed by atoms with Crippen molar-refractivity contribution in [3.05, 3.63) is 12.2 Å². The van der Waals surface area contributed by atoms with E-state index in [-0.39, 0.29) is 23.8 Å². The molecule has 0 spiro atoms. The smallest absolute Gasteiger partial charge is 0.305 e. The fourth-order valence-corrected chi connectivity index (χ4v) is 3.30. The van der Waals surface area contributed by atoms with Crippen LogP contribution >= 0.6 is 0 Å². The van der Waals surface area contributed by atoms with Gasteiger partial charge in [-0.05, 0) is 32.1 Å². The largest absolute Gasteiger partial charge is 0.466 e. The van der Waals surface area contributed by atoms with Gasteiger partial charge in [0.05, 0.1) is 18.8 Å². The molecular weight excluding hydrogens is 354 g/mol. The van der Waals surface area contributed by atoms with Crippen LogP contribution in [0.2, 0.25) is 0 Å². The lowest BCUT2D eigenvalue weighted by Crippen LogP contribution is -2.33. The molecule has 1 N–H and O–H groups in total. The van der Waals surface area contributed by atoms with E-state index in [0.717, 1.165) is 45.1 Å². The lowest BCUT2D eigenvalue weighted by Gasteiger charge is -2.23. The molecule has 3 atom stereocenters. The van der Waals surface area contributed by atoms with E-state index >= 15 is 0 Å². The second-order valence-electron chi connectivity index (χ2n) is 7.43. The first-order chi connectivity index (χ1) is 13.5. The monoisotopic (exact) mass is 391 g/mol. The van der Waals surface area contributed by atoms with Gasteiger partial charge in [0.2, 0.25) is 5.91 Å². The maximum absolute atomic E-state index is 12.2. The van der Waals surface area contributed by atoms with Crippen LogP contribution in [0.4, 0.5) is 0 Å². The number of carbonyl (C=O) groups is 2. The Balaban J connectivity index is 2.34. The summed E-state index contributed by atoms with van der Waals surface area (Å²) in [4.78, 5) is 25.4. The van der Waals surface area contributed by atoms with Gasteiger partial charge in [0.1, 0.15) is 0 Å². The van der Waals surface area contributed by atoms with Crippen LogP contribution in [-0.4, -0.2) is 47.2 Å². The van der Waals surface area contributed by atoms with E-state index in [2.05, 4.69) is 11.8 Å². The second kappa shape index (κ2) is 14.2. The van der Waals surface area contributed by atoms with Crippen LogP contribution in [0.5, 0.6) is 0 Å². The van der Waals surface area contributed by atoms with Gasteiger partial charge >= 0.3 is 5.97 Å². The predicted molar refractivity (Wildman–Crippen MR) is 111 cm³/mol. The number of likely N-dealkylation sites (tertiary alicyclic amines) is 1. The number of aliphatic hydroxyl groups excluding tert-OH is 1. The highest BCUT2D eigenvalue weighted by Gasteiger charge is 2.28. The summed E-state index contributed by atoms with van der Waals surface area (Å²) in [6, 6.07) is 0.0793. The third-order valence-corrected chi connectivity index (χ3v) is 5.05. The topological polar surface area (TPSA) is 66.8 Å². The molecule has 1 heterocycles. The summed E-state index contributed by atoms with van der Waals surface area (Å²) in [6.07, 6.45) is 10.4. The second-order valence-corrected chi connectivity index (χ2v) is 7.43. The van der Waals surface area contributed by atoms with E-state index in [1.165, 1.54) is 0 Å². The number of ether oxygens (including phenoxy) is 1. The van der Waals surface area contributed by atoms with Crippen molar-refractivity contribution in [2.24, 2.45) is 5.92 Å². The molecule has 1 rings (SSSR count). The standard InChI is InChI=1S/C23H37NO4/c1-4-6-9-12-19(3)21(25)16-14-20-15-17-22(26)24(20)18-11-8-7-10-13-23(27)28-5-2/h14,16,19-21,25H,4-5,7-8,10-13,15,17-18H2,1-3H3/b16-14+/t19?,20-,21?/m0/s1. The van der Waals surface area contributed by atoms with Gasteiger partial charge in [-0.1, -0.05) is 38.8 Å². The summed E-state index contributed by atoms with van der Waals surface area (Å²) in [5.74, 6) is 6.26. The molecule has 1 saturated heterocycles. The molecule has 0 bridgehead atoms. The summed E-state index contributed by atoms with van der Waals surface area (Å²) in [5.41, 5.74) is 0. The number of aliphatic hydroxyl groups is 1. The molecule has 5 heteroatoms. The average Bonchev–Trinajstić information content (AvgIpc) is 3.02. The van der Waals surface area contributed by atoms with Gasteiger partial charge in [-0.2, -0.15) is 0 Å². The number of carbonyl (C=O) groups excluding carboxylic acids is 2. The number of amides is 1. The zero-order chi connectivity index (χ0) is 20.8. The molecule has 0 aromatic heterocycles. The highest BCUT2D eigenvalue weighted by atomic mass is 16.5. The molecule has 0 aliphatic carbocycles. The van der Waals surface area contributed by atoms with Crippen LogP contribution in [0.1, 0.15) is 78.6 Å². The van der Waals surface area contributed by atoms with E-state index in [1.807, 2.05) is 37.8 Å². The third-order valence-electron chi connectivity index (χ3n) is 5.05. The van der Waals surface area contributed by atoms with Crippen LogP contribution < -0.4 is 0 Å². The van der Waals surface area contributed by atoms with Gasteiger partial charge in [-0.25, -0.2) is 0 Å². The van der Waals surface area contributed by atoms with Crippen LogP contribution in [0, 0.1) is 17.8 Å². The van der Waals surface area contributed by atoms with E-state index < -0.39 is 6.10 Å². The summed E-state index contributed by atoms with van der Waals surface area (Å²) in [5, 5.41) is 10.3. The summed E-state index contributed by atoms with van der Waals surface area (Å²) < 4.78 is 4.92. The lowest BCUT2D eigenvalue weighted by molar-refractivity contribution is -0.143. The van der Waals surface area contributed by atoms with E-state index in [9.17, 15) is 14.7 Å². The Morgan fingerprint density at radius 3 is 2.75 bits per heavy atom. The molecule has 0 radical (unpaired) electrons. The number of hydrogen-bond donors (Lipinski definition) is 1. The van der Waals surface area contributed by atoms with Crippen LogP contribution in [0.15, 0.2) is 12.2 Å². The third kappa shape index (κ3) is 9.41. The molecule has 1 amide bonds.